The molecule has 0 radical (unpaired) electrons. The fourth-order valence-corrected chi connectivity index (χ4v) is 4.23. The van der Waals surface area contributed by atoms with Crippen LogP contribution in [0.3, 0.4) is 0 Å². The Labute approximate surface area is 236 Å². The normalized spacial score (nSPS) is 14.3. The number of carbonyl (C=O) groups excluding carboxylic acids is 2. The Balaban J connectivity index is 0.000000575. The fourth-order valence-electron chi connectivity index (χ4n) is 4.23. The molecule has 1 aliphatic rings. The van der Waals surface area contributed by atoms with Crippen LogP contribution in [0.2, 0.25) is 0 Å². The number of hydrogen-bond acceptors (Lipinski definition) is 5. The van der Waals surface area contributed by atoms with Gasteiger partial charge < -0.3 is 25.1 Å². The van der Waals surface area contributed by atoms with E-state index in [2.05, 4.69) is 27.6 Å². The van der Waals surface area contributed by atoms with Gasteiger partial charge in [0.05, 0.1) is 6.54 Å². The quantitative estimate of drug-likeness (QED) is 0.240. The van der Waals surface area contributed by atoms with Gasteiger partial charge >= 0.3 is 6.36 Å². The molecule has 1 saturated carbocycles. The smallest absolute Gasteiger partial charge is 0.451 e. The van der Waals surface area contributed by atoms with E-state index in [1.165, 1.54) is 86.7 Å². The lowest BCUT2D eigenvalue weighted by Gasteiger charge is -2.16. The van der Waals surface area contributed by atoms with Gasteiger partial charge in [-0.3, -0.25) is 9.59 Å². The number of carbonyl (C=O) groups is 2. The molecule has 41 heavy (non-hydrogen) atoms. The minimum Gasteiger partial charge on any atom is -0.451 e. The molecule has 222 valence electrons. The van der Waals surface area contributed by atoms with Crippen molar-refractivity contribution in [1.82, 2.24) is 10.6 Å². The molecule has 2 aromatic carbocycles. The second kappa shape index (κ2) is 15.1. The third kappa shape index (κ3) is 11.5. The summed E-state index contributed by atoms with van der Waals surface area (Å²) in [5.41, 5.74) is 1.01. The van der Waals surface area contributed by atoms with E-state index in [0.717, 1.165) is 5.92 Å². The van der Waals surface area contributed by atoms with Gasteiger partial charge in [0.15, 0.2) is 5.76 Å². The van der Waals surface area contributed by atoms with Crippen molar-refractivity contribution in [3.63, 3.8) is 0 Å². The summed E-state index contributed by atoms with van der Waals surface area (Å²) in [6.07, 6.45) is 2.68. The van der Waals surface area contributed by atoms with Gasteiger partial charge in [0.1, 0.15) is 17.3 Å². The van der Waals surface area contributed by atoms with Gasteiger partial charge in [-0.15, -0.1) is 13.2 Å². The number of halogens is 4. The van der Waals surface area contributed by atoms with Gasteiger partial charge in [0.25, 0.3) is 5.91 Å². The predicted octanol–water partition coefficient (Wildman–Crippen LogP) is 6.92. The number of benzene rings is 2. The Kier molecular flexibility index (Phi) is 11.6. The van der Waals surface area contributed by atoms with Crippen molar-refractivity contribution >= 4 is 17.5 Å². The third-order valence-electron chi connectivity index (χ3n) is 6.35. The minimum absolute atomic E-state index is 0.0280. The lowest BCUT2D eigenvalue weighted by molar-refractivity contribution is -0.274. The third-order valence-corrected chi connectivity index (χ3v) is 6.35. The summed E-state index contributed by atoms with van der Waals surface area (Å²) in [7, 11) is 0. The molecule has 7 nitrogen and oxygen atoms in total. The molecule has 0 aliphatic heterocycles. The Morgan fingerprint density at radius 2 is 1.73 bits per heavy atom. The summed E-state index contributed by atoms with van der Waals surface area (Å²) < 4.78 is 59.1. The van der Waals surface area contributed by atoms with E-state index in [0.29, 0.717) is 17.0 Å². The molecule has 3 aromatic rings. The standard InChI is InChI=1S/C23H21F4N3O4.C7H14/c1-14(12-28-17-5-7-18(8-6-17)34-23(25,26)27)30-21(31)13-29-22(32)20-10-9-19(33-20)15-3-2-4-16(24)11-15;1-7-5-3-2-4-6-7/h2-11,14,28H,12-13H2,1H3,(H,29,32)(H,30,31);7H,2-6H2,1H3. The van der Waals surface area contributed by atoms with Gasteiger partial charge in [-0.25, -0.2) is 4.39 Å². The van der Waals surface area contributed by atoms with Crippen LogP contribution in [0, 0.1) is 11.7 Å². The zero-order valence-corrected chi connectivity index (χ0v) is 23.0. The number of nitrogens with one attached hydrogen (secondary N) is 3. The molecular weight excluding hydrogens is 542 g/mol. The monoisotopic (exact) mass is 577 g/mol. The Bertz CT molecular complexity index is 1260. The number of rotatable bonds is 9. The second-order valence-corrected chi connectivity index (χ2v) is 10.0. The van der Waals surface area contributed by atoms with E-state index in [4.69, 9.17) is 4.42 Å². The van der Waals surface area contributed by atoms with Crippen LogP contribution in [0.4, 0.5) is 23.2 Å². The summed E-state index contributed by atoms with van der Waals surface area (Å²) in [6.45, 7) is 4.06. The number of hydrogen-bond donors (Lipinski definition) is 3. The molecule has 1 aromatic heterocycles. The van der Waals surface area contributed by atoms with Crippen molar-refractivity contribution in [1.29, 1.82) is 0 Å². The molecule has 0 saturated heterocycles. The number of ether oxygens (including phenoxy) is 1. The molecule has 1 fully saturated rings. The molecule has 1 unspecified atom stereocenters. The van der Waals surface area contributed by atoms with Crippen molar-refractivity contribution in [2.24, 2.45) is 5.92 Å². The van der Waals surface area contributed by atoms with Crippen molar-refractivity contribution in [3.8, 4) is 17.1 Å². The van der Waals surface area contributed by atoms with E-state index >= 15 is 0 Å². The number of anilines is 1. The maximum atomic E-state index is 13.3. The zero-order chi connectivity index (χ0) is 29.8. The Morgan fingerprint density at radius 3 is 2.34 bits per heavy atom. The number of amides is 2. The van der Waals surface area contributed by atoms with Gasteiger partial charge in [0.2, 0.25) is 5.91 Å². The molecule has 1 heterocycles. The summed E-state index contributed by atoms with van der Waals surface area (Å²) in [4.78, 5) is 24.3. The van der Waals surface area contributed by atoms with Crippen molar-refractivity contribution in [2.45, 2.75) is 58.4 Å². The highest BCUT2D eigenvalue weighted by Crippen LogP contribution is 2.25. The lowest BCUT2D eigenvalue weighted by atomic mass is 9.91. The summed E-state index contributed by atoms with van der Waals surface area (Å²) >= 11 is 0. The molecule has 4 rings (SSSR count). The second-order valence-electron chi connectivity index (χ2n) is 10.0. The van der Waals surface area contributed by atoms with Crippen LogP contribution < -0.4 is 20.7 Å². The predicted molar refractivity (Wildman–Crippen MR) is 148 cm³/mol. The van der Waals surface area contributed by atoms with Crippen molar-refractivity contribution in [3.05, 3.63) is 72.2 Å². The lowest BCUT2D eigenvalue weighted by Crippen LogP contribution is -2.43. The first-order valence-corrected chi connectivity index (χ1v) is 13.5. The number of furan rings is 1. The number of alkyl halides is 3. The van der Waals surface area contributed by atoms with E-state index in [9.17, 15) is 27.2 Å². The largest absolute Gasteiger partial charge is 0.573 e. The average molecular weight is 578 g/mol. The van der Waals surface area contributed by atoms with Gasteiger partial charge in [-0.2, -0.15) is 0 Å². The average Bonchev–Trinajstić information content (AvgIpc) is 3.42. The maximum Gasteiger partial charge on any atom is 0.573 e. The topological polar surface area (TPSA) is 92.6 Å². The molecule has 2 amide bonds. The van der Waals surface area contributed by atoms with Crippen LogP contribution in [0.15, 0.2) is 65.1 Å². The van der Waals surface area contributed by atoms with Gasteiger partial charge in [0, 0.05) is 23.8 Å². The van der Waals surface area contributed by atoms with Crippen LogP contribution in [0.1, 0.15) is 56.5 Å². The Morgan fingerprint density at radius 1 is 1.02 bits per heavy atom. The SMILES string of the molecule is CC(CNc1ccc(OC(F)(F)F)cc1)NC(=O)CNC(=O)c1ccc(-c2cccc(F)c2)o1.CC1CCCCC1. The van der Waals surface area contributed by atoms with E-state index in [1.54, 1.807) is 13.0 Å². The highest BCUT2D eigenvalue weighted by Gasteiger charge is 2.31. The van der Waals surface area contributed by atoms with Crippen molar-refractivity contribution in [2.75, 3.05) is 18.4 Å². The summed E-state index contributed by atoms with van der Waals surface area (Å²) in [6, 6.07) is 13.5. The highest BCUT2D eigenvalue weighted by molar-refractivity contribution is 5.94. The van der Waals surface area contributed by atoms with E-state index in [1.807, 2.05) is 0 Å². The molecule has 0 spiro atoms. The van der Waals surface area contributed by atoms with Crippen LogP contribution in [-0.4, -0.2) is 37.3 Å². The summed E-state index contributed by atoms with van der Waals surface area (Å²) in [5.74, 6) is -0.513. The van der Waals surface area contributed by atoms with Crippen molar-refractivity contribution < 1.29 is 36.3 Å². The van der Waals surface area contributed by atoms with E-state index < -0.39 is 24.0 Å². The highest BCUT2D eigenvalue weighted by atomic mass is 19.4. The Hall–Kier alpha value is -4.02. The van der Waals surface area contributed by atoms with Gasteiger partial charge in [-0.1, -0.05) is 51.2 Å². The zero-order valence-electron chi connectivity index (χ0n) is 23.0. The van der Waals surface area contributed by atoms with Crippen LogP contribution in [-0.2, 0) is 4.79 Å². The molecule has 11 heteroatoms. The van der Waals surface area contributed by atoms with Crippen LogP contribution in [0.25, 0.3) is 11.3 Å². The van der Waals surface area contributed by atoms with Crippen LogP contribution >= 0.6 is 0 Å². The minimum atomic E-state index is -4.76. The first kappa shape index (κ1) is 31.5. The van der Waals surface area contributed by atoms with Crippen LogP contribution in [0.5, 0.6) is 5.75 Å². The molecule has 0 bridgehead atoms. The molecule has 3 N–H and O–H groups in total. The molecule has 1 aliphatic carbocycles. The fraction of sp³-hybridized carbons (Fsp3) is 0.400. The molecule has 1 atom stereocenters. The maximum absolute atomic E-state index is 13.3. The summed E-state index contributed by atoms with van der Waals surface area (Å²) in [5, 5.41) is 8.08. The van der Waals surface area contributed by atoms with Gasteiger partial charge in [-0.05, 0) is 61.4 Å². The molecular formula is C30H35F4N3O4. The first-order chi connectivity index (χ1) is 19.5. The van der Waals surface area contributed by atoms with E-state index in [-0.39, 0.29) is 30.6 Å². The first-order valence-electron chi connectivity index (χ1n) is 13.5.